The fourth-order valence-electron chi connectivity index (χ4n) is 3.18. The Morgan fingerprint density at radius 1 is 1.18 bits per heavy atom. The highest BCUT2D eigenvalue weighted by atomic mass is 79.9. The van der Waals surface area contributed by atoms with E-state index in [4.69, 9.17) is 10.00 Å². The molecule has 0 saturated heterocycles. The van der Waals surface area contributed by atoms with Gasteiger partial charge < -0.3 is 4.74 Å². The maximum Gasteiger partial charge on any atom is 0.128 e. The highest BCUT2D eigenvalue weighted by molar-refractivity contribution is 9.10. The van der Waals surface area contributed by atoms with Crippen LogP contribution in [0, 0.1) is 17.2 Å². The normalized spacial score (nSPS) is 21.9. The minimum atomic E-state index is 0.405. The summed E-state index contributed by atoms with van der Waals surface area (Å²) in [4.78, 5) is 0. The molecule has 4 rings (SSSR count). The van der Waals surface area contributed by atoms with Crippen molar-refractivity contribution in [2.75, 3.05) is 0 Å². The van der Waals surface area contributed by atoms with Crippen LogP contribution in [0.2, 0.25) is 0 Å². The number of rotatable bonds is 1. The van der Waals surface area contributed by atoms with Crippen molar-refractivity contribution < 1.29 is 4.74 Å². The van der Waals surface area contributed by atoms with E-state index >= 15 is 0 Å². The zero-order chi connectivity index (χ0) is 15.1. The minimum absolute atomic E-state index is 0.405. The number of ether oxygens (including phenoxy) is 1. The fraction of sp³-hybridized carbons (Fsp3) is 0.211. The minimum Gasteiger partial charge on any atom is -0.488 e. The first kappa shape index (κ1) is 13.6. The first-order chi connectivity index (χ1) is 10.8. The highest BCUT2D eigenvalue weighted by Crippen LogP contribution is 2.50. The lowest BCUT2D eigenvalue weighted by molar-refractivity contribution is 0.307. The Kier molecular flexibility index (Phi) is 3.28. The lowest BCUT2D eigenvalue weighted by Gasteiger charge is -2.10. The first-order valence-corrected chi connectivity index (χ1v) is 8.18. The fourth-order valence-corrected chi connectivity index (χ4v) is 3.52. The first-order valence-electron chi connectivity index (χ1n) is 7.39. The molecule has 3 heteroatoms. The van der Waals surface area contributed by atoms with E-state index in [1.807, 2.05) is 6.07 Å². The molecule has 22 heavy (non-hydrogen) atoms. The number of nitriles is 1. The van der Waals surface area contributed by atoms with Crippen LogP contribution in [0.25, 0.3) is 5.57 Å². The lowest BCUT2D eigenvalue weighted by Crippen LogP contribution is -1.95. The van der Waals surface area contributed by atoms with Gasteiger partial charge in [-0.1, -0.05) is 45.8 Å². The molecule has 1 saturated carbocycles. The number of nitrogens with zero attached hydrogens (tertiary/aromatic N) is 1. The predicted molar refractivity (Wildman–Crippen MR) is 89.3 cm³/mol. The summed E-state index contributed by atoms with van der Waals surface area (Å²) < 4.78 is 7.05. The summed E-state index contributed by atoms with van der Waals surface area (Å²) in [6.07, 6.45) is 1.63. The van der Waals surface area contributed by atoms with E-state index in [0.29, 0.717) is 18.9 Å². The summed E-state index contributed by atoms with van der Waals surface area (Å²) in [5.41, 5.74) is 6.27. The molecule has 2 aromatic carbocycles. The maximum absolute atomic E-state index is 8.97. The van der Waals surface area contributed by atoms with E-state index < -0.39 is 0 Å². The molecular weight excluding hydrogens is 338 g/mol. The third-order valence-corrected chi connectivity index (χ3v) is 4.83. The molecule has 2 nitrogen and oxygen atoms in total. The van der Waals surface area contributed by atoms with E-state index in [1.54, 1.807) is 0 Å². The largest absolute Gasteiger partial charge is 0.488 e. The van der Waals surface area contributed by atoms with E-state index in [1.165, 1.54) is 22.3 Å². The molecule has 1 aliphatic heterocycles. The molecule has 0 radical (unpaired) electrons. The molecule has 0 aromatic heterocycles. The summed E-state index contributed by atoms with van der Waals surface area (Å²) in [6.45, 7) is 0.583. The van der Waals surface area contributed by atoms with Crippen LogP contribution < -0.4 is 4.74 Å². The van der Waals surface area contributed by atoms with Crippen molar-refractivity contribution in [3.05, 3.63) is 69.2 Å². The number of allylic oxidation sites excluding steroid dienone is 1. The van der Waals surface area contributed by atoms with Gasteiger partial charge in [-0.3, -0.25) is 0 Å². The molecule has 1 fully saturated rings. The van der Waals surface area contributed by atoms with E-state index in [-0.39, 0.29) is 0 Å². The van der Waals surface area contributed by atoms with Crippen molar-refractivity contribution in [2.45, 2.75) is 19.4 Å². The molecule has 0 spiro atoms. The number of halogens is 1. The summed E-state index contributed by atoms with van der Waals surface area (Å²) in [5.74, 6) is 1.32. The van der Waals surface area contributed by atoms with Crippen LogP contribution in [-0.2, 0) is 6.61 Å². The van der Waals surface area contributed by atoms with Crippen LogP contribution in [0.15, 0.2) is 52.5 Å². The Bertz CT molecular complexity index is 832. The molecule has 0 amide bonds. The predicted octanol–water partition coefficient (Wildman–Crippen LogP) is 5.08. The van der Waals surface area contributed by atoms with E-state index in [2.05, 4.69) is 58.4 Å². The summed E-state index contributed by atoms with van der Waals surface area (Å²) >= 11 is 3.52. The van der Waals surface area contributed by atoms with Gasteiger partial charge in [-0.25, -0.2) is 0 Å². The Morgan fingerprint density at radius 3 is 2.91 bits per heavy atom. The monoisotopic (exact) mass is 351 g/mol. The Hall–Kier alpha value is -2.05. The van der Waals surface area contributed by atoms with Gasteiger partial charge in [-0.05, 0) is 47.2 Å². The van der Waals surface area contributed by atoms with Gasteiger partial charge in [0.25, 0.3) is 0 Å². The number of benzene rings is 2. The van der Waals surface area contributed by atoms with Crippen LogP contribution in [0.5, 0.6) is 5.75 Å². The van der Waals surface area contributed by atoms with Gasteiger partial charge in [-0.15, -0.1) is 0 Å². The van der Waals surface area contributed by atoms with Crippen molar-refractivity contribution in [3.8, 4) is 11.8 Å². The standard InChI is InChI=1S/C19H14BrNO/c20-14-5-6-16-18(10-14)22-11-13-3-1-2-4-15(13)19(16)17-9-12(17)7-8-21/h1-6,10,12H,7,9,11H2/b19-17-. The van der Waals surface area contributed by atoms with E-state index in [9.17, 15) is 0 Å². The van der Waals surface area contributed by atoms with E-state index in [0.717, 1.165) is 22.2 Å². The van der Waals surface area contributed by atoms with Crippen molar-refractivity contribution in [3.63, 3.8) is 0 Å². The highest BCUT2D eigenvalue weighted by Gasteiger charge is 2.35. The third-order valence-electron chi connectivity index (χ3n) is 4.34. The quantitative estimate of drug-likeness (QED) is 0.717. The van der Waals surface area contributed by atoms with Gasteiger partial charge in [-0.2, -0.15) is 5.26 Å². The van der Waals surface area contributed by atoms with Crippen LogP contribution in [-0.4, -0.2) is 0 Å². The number of hydrogen-bond acceptors (Lipinski definition) is 2. The molecule has 0 bridgehead atoms. The molecule has 1 unspecified atom stereocenters. The zero-order valence-electron chi connectivity index (χ0n) is 12.0. The molecular formula is C19H14BrNO. The second-order valence-corrected chi connectivity index (χ2v) is 6.67. The molecule has 2 aliphatic rings. The van der Waals surface area contributed by atoms with Crippen molar-refractivity contribution in [1.82, 2.24) is 0 Å². The van der Waals surface area contributed by atoms with Crippen molar-refractivity contribution in [1.29, 1.82) is 5.26 Å². The molecule has 0 N–H and O–H groups in total. The Morgan fingerprint density at radius 2 is 2.05 bits per heavy atom. The van der Waals surface area contributed by atoms with Crippen molar-refractivity contribution >= 4 is 21.5 Å². The molecule has 108 valence electrons. The maximum atomic E-state index is 8.97. The van der Waals surface area contributed by atoms with Gasteiger partial charge in [0, 0.05) is 16.5 Å². The van der Waals surface area contributed by atoms with Gasteiger partial charge in [0.05, 0.1) is 6.07 Å². The van der Waals surface area contributed by atoms with Crippen LogP contribution in [0.4, 0.5) is 0 Å². The average molecular weight is 352 g/mol. The summed E-state index contributed by atoms with van der Waals surface area (Å²) in [6, 6.07) is 16.9. The summed E-state index contributed by atoms with van der Waals surface area (Å²) in [5, 5.41) is 8.97. The molecule has 2 aromatic rings. The zero-order valence-corrected chi connectivity index (χ0v) is 13.6. The van der Waals surface area contributed by atoms with Gasteiger partial charge >= 0.3 is 0 Å². The number of fused-ring (bicyclic) bond motifs is 2. The Balaban J connectivity index is 1.95. The van der Waals surface area contributed by atoms with Crippen LogP contribution >= 0.6 is 15.9 Å². The smallest absolute Gasteiger partial charge is 0.128 e. The van der Waals surface area contributed by atoms with Crippen LogP contribution in [0.3, 0.4) is 0 Å². The summed E-state index contributed by atoms with van der Waals surface area (Å²) in [7, 11) is 0. The Labute approximate surface area is 138 Å². The van der Waals surface area contributed by atoms with Gasteiger partial charge in [0.15, 0.2) is 0 Å². The number of hydrogen-bond donors (Lipinski definition) is 0. The molecule has 1 aliphatic carbocycles. The average Bonchev–Trinajstić information content (AvgIpc) is 3.29. The molecule has 1 atom stereocenters. The van der Waals surface area contributed by atoms with Crippen LogP contribution in [0.1, 0.15) is 29.5 Å². The van der Waals surface area contributed by atoms with Gasteiger partial charge in [0.1, 0.15) is 12.4 Å². The second kappa shape index (κ2) is 5.30. The van der Waals surface area contributed by atoms with Gasteiger partial charge in [0.2, 0.25) is 0 Å². The second-order valence-electron chi connectivity index (χ2n) is 5.75. The third kappa shape index (κ3) is 2.24. The molecule has 1 heterocycles. The SMILES string of the molecule is N#CCC1C/C1=C1\c2ccccc2COc2cc(Br)ccc21. The van der Waals surface area contributed by atoms with Crippen molar-refractivity contribution in [2.24, 2.45) is 5.92 Å². The lowest BCUT2D eigenvalue weighted by atomic mass is 9.93. The topological polar surface area (TPSA) is 33.0 Å².